The first-order chi connectivity index (χ1) is 17.4. The monoisotopic (exact) mass is 507 g/mol. The molecule has 0 spiro atoms. The predicted octanol–water partition coefficient (Wildman–Crippen LogP) is 2.78. The lowest BCUT2D eigenvalue weighted by atomic mass is 9.92. The highest BCUT2D eigenvalue weighted by atomic mass is 32.1. The van der Waals surface area contributed by atoms with E-state index in [4.69, 9.17) is 6.42 Å². The van der Waals surface area contributed by atoms with Crippen molar-refractivity contribution in [1.82, 2.24) is 25.1 Å². The van der Waals surface area contributed by atoms with E-state index in [0.717, 1.165) is 18.4 Å². The van der Waals surface area contributed by atoms with Crippen molar-refractivity contribution in [2.24, 2.45) is 5.92 Å². The van der Waals surface area contributed by atoms with E-state index >= 15 is 0 Å². The van der Waals surface area contributed by atoms with Gasteiger partial charge in [-0.05, 0) is 29.3 Å². The molecule has 2 aliphatic rings. The van der Waals surface area contributed by atoms with Gasteiger partial charge < -0.3 is 15.1 Å². The summed E-state index contributed by atoms with van der Waals surface area (Å²) in [6, 6.07) is 12.7. The molecule has 3 atom stereocenters. The fourth-order valence-corrected chi connectivity index (χ4v) is 5.58. The molecule has 3 heterocycles. The first-order valence-electron chi connectivity index (χ1n) is 12.4. The summed E-state index contributed by atoms with van der Waals surface area (Å²) in [6.45, 7) is 5.18. The van der Waals surface area contributed by atoms with Crippen LogP contribution < -0.4 is 5.32 Å². The quantitative estimate of drug-likeness (QED) is 0.558. The third kappa shape index (κ3) is 5.40. The maximum atomic E-state index is 13.7. The molecule has 4 rings (SSSR count). The molecule has 190 valence electrons. The van der Waals surface area contributed by atoms with Crippen LogP contribution in [0.5, 0.6) is 0 Å². The Labute approximate surface area is 216 Å². The highest BCUT2D eigenvalue weighted by molar-refractivity contribution is 7.09. The zero-order valence-electron chi connectivity index (χ0n) is 20.8. The van der Waals surface area contributed by atoms with Gasteiger partial charge in [-0.15, -0.1) is 17.8 Å². The fourth-order valence-electron chi connectivity index (χ4n) is 4.88. The molecule has 9 heteroatoms. The molecule has 2 fully saturated rings. The number of hydrogen-bond donors (Lipinski definition) is 1. The number of hydrogen-bond acceptors (Lipinski definition) is 5. The van der Waals surface area contributed by atoms with Gasteiger partial charge in [-0.1, -0.05) is 62.6 Å². The average Bonchev–Trinajstić information content (AvgIpc) is 3.41. The molecule has 8 nitrogen and oxygen atoms in total. The molecule has 1 N–H and O–H groups in total. The standard InChI is InChI=1S/C27H33N5O3S/c1-4-14-30-19-24(33)31-23(32(30)27(35)28-17-21-10-7-6-8-11-21)18-29(15-13-22-12-9-16-36-22)26(34)25(31)20(3)5-2/h1,6-12,16,20,23,25H,5,13-15,17-19H2,2-3H3,(H,28,35)/t20?,23-,25-/m0/s1. The SMILES string of the molecule is C#CCN1CC(=O)N2[C@@H](C(C)CC)C(=O)N(CCc3cccs3)C[C@@H]2N1C(=O)NCc1ccccc1. The molecule has 1 aromatic heterocycles. The maximum Gasteiger partial charge on any atom is 0.334 e. The normalized spacial score (nSPS) is 21.2. The number of carbonyl (C=O) groups is 3. The van der Waals surface area contributed by atoms with Gasteiger partial charge in [-0.3, -0.25) is 9.59 Å². The zero-order valence-corrected chi connectivity index (χ0v) is 21.6. The van der Waals surface area contributed by atoms with Crippen LogP contribution in [0.1, 0.15) is 30.7 Å². The van der Waals surface area contributed by atoms with E-state index in [-0.39, 0.29) is 43.4 Å². The first-order valence-corrected chi connectivity index (χ1v) is 13.2. The van der Waals surface area contributed by atoms with Gasteiger partial charge in [-0.2, -0.15) is 5.01 Å². The minimum atomic E-state index is -0.629. The second kappa shape index (κ2) is 11.6. The Balaban J connectivity index is 1.63. The van der Waals surface area contributed by atoms with Crippen LogP contribution in [0.4, 0.5) is 4.79 Å². The molecular formula is C27H33N5O3S. The van der Waals surface area contributed by atoms with Crippen LogP contribution in [-0.2, 0) is 22.6 Å². The summed E-state index contributed by atoms with van der Waals surface area (Å²) in [5, 5.41) is 8.18. The molecule has 0 aliphatic carbocycles. The van der Waals surface area contributed by atoms with E-state index in [9.17, 15) is 14.4 Å². The lowest BCUT2D eigenvalue weighted by Crippen LogP contribution is -2.77. The number of carbonyl (C=O) groups excluding carboxylic acids is 3. The van der Waals surface area contributed by atoms with Gasteiger partial charge in [0.1, 0.15) is 12.2 Å². The van der Waals surface area contributed by atoms with E-state index in [1.54, 1.807) is 26.3 Å². The number of nitrogens with one attached hydrogen (secondary N) is 1. The van der Waals surface area contributed by atoms with E-state index in [1.165, 1.54) is 4.88 Å². The van der Waals surface area contributed by atoms with Gasteiger partial charge in [0.2, 0.25) is 11.8 Å². The van der Waals surface area contributed by atoms with Crippen molar-refractivity contribution in [1.29, 1.82) is 0 Å². The second-order valence-corrected chi connectivity index (χ2v) is 10.3. The number of thiophene rings is 1. The number of benzene rings is 1. The van der Waals surface area contributed by atoms with Crippen molar-refractivity contribution in [2.75, 3.05) is 26.2 Å². The number of hydrazine groups is 1. The summed E-state index contributed by atoms with van der Waals surface area (Å²) in [6.07, 6.45) is 6.44. The molecule has 0 saturated carbocycles. The summed E-state index contributed by atoms with van der Waals surface area (Å²) in [7, 11) is 0. The predicted molar refractivity (Wildman–Crippen MR) is 139 cm³/mol. The number of terminal acetylenes is 1. The molecule has 1 unspecified atom stereocenters. The Morgan fingerprint density at radius 1 is 1.22 bits per heavy atom. The van der Waals surface area contributed by atoms with Crippen molar-refractivity contribution in [3.8, 4) is 12.3 Å². The molecule has 1 aromatic carbocycles. The summed E-state index contributed by atoms with van der Waals surface area (Å²) < 4.78 is 0. The Kier molecular flexibility index (Phi) is 8.28. The summed E-state index contributed by atoms with van der Waals surface area (Å²) in [5.41, 5.74) is 0.966. The number of nitrogens with zero attached hydrogens (tertiary/aromatic N) is 4. The van der Waals surface area contributed by atoms with Gasteiger partial charge in [0.25, 0.3) is 0 Å². The van der Waals surface area contributed by atoms with Gasteiger partial charge in [-0.25, -0.2) is 9.80 Å². The molecule has 0 radical (unpaired) electrons. The highest BCUT2D eigenvalue weighted by Crippen LogP contribution is 2.31. The van der Waals surface area contributed by atoms with E-state index < -0.39 is 12.2 Å². The number of urea groups is 1. The van der Waals surface area contributed by atoms with E-state index in [1.807, 2.05) is 60.5 Å². The van der Waals surface area contributed by atoms with Gasteiger partial charge >= 0.3 is 6.03 Å². The van der Waals surface area contributed by atoms with Crippen molar-refractivity contribution in [3.05, 3.63) is 58.3 Å². The highest BCUT2D eigenvalue weighted by Gasteiger charge is 2.52. The van der Waals surface area contributed by atoms with Crippen LogP contribution in [0.2, 0.25) is 0 Å². The lowest BCUT2D eigenvalue weighted by molar-refractivity contribution is -0.192. The maximum absolute atomic E-state index is 13.7. The third-order valence-electron chi connectivity index (χ3n) is 6.92. The van der Waals surface area contributed by atoms with Crippen LogP contribution in [0, 0.1) is 18.3 Å². The Morgan fingerprint density at radius 3 is 2.67 bits per heavy atom. The van der Waals surface area contributed by atoms with Crippen molar-refractivity contribution in [3.63, 3.8) is 0 Å². The molecule has 4 amide bonds. The summed E-state index contributed by atoms with van der Waals surface area (Å²) in [5.74, 6) is 2.28. The fraction of sp³-hybridized carbons (Fsp3) is 0.444. The minimum absolute atomic E-state index is 0.0468. The van der Waals surface area contributed by atoms with Crippen molar-refractivity contribution < 1.29 is 14.4 Å². The zero-order chi connectivity index (χ0) is 25.7. The molecule has 36 heavy (non-hydrogen) atoms. The van der Waals surface area contributed by atoms with Crippen molar-refractivity contribution in [2.45, 2.75) is 45.4 Å². The van der Waals surface area contributed by atoms with Crippen LogP contribution in [0.3, 0.4) is 0 Å². The largest absolute Gasteiger partial charge is 0.337 e. The van der Waals surface area contributed by atoms with Gasteiger partial charge in [0, 0.05) is 18.0 Å². The third-order valence-corrected chi connectivity index (χ3v) is 7.86. The van der Waals surface area contributed by atoms with Crippen molar-refractivity contribution >= 4 is 29.2 Å². The first kappa shape index (κ1) is 25.7. The van der Waals surface area contributed by atoms with Gasteiger partial charge in [0.15, 0.2) is 0 Å². The van der Waals surface area contributed by atoms with Crippen LogP contribution in [-0.4, -0.2) is 76.0 Å². The summed E-state index contributed by atoms with van der Waals surface area (Å²) >= 11 is 1.66. The Morgan fingerprint density at radius 2 is 2.00 bits per heavy atom. The molecule has 2 aliphatic heterocycles. The van der Waals surface area contributed by atoms with E-state index in [2.05, 4.69) is 17.3 Å². The molecular weight excluding hydrogens is 474 g/mol. The summed E-state index contributed by atoms with van der Waals surface area (Å²) in [4.78, 5) is 45.2. The molecule has 0 bridgehead atoms. The second-order valence-electron chi connectivity index (χ2n) is 9.24. The molecule has 2 saturated heterocycles. The topological polar surface area (TPSA) is 76.2 Å². The number of piperazine rings is 1. The van der Waals surface area contributed by atoms with E-state index in [0.29, 0.717) is 13.1 Å². The Bertz CT molecular complexity index is 1100. The molecule has 2 aromatic rings. The number of rotatable bonds is 8. The number of fused-ring (bicyclic) bond motifs is 1. The average molecular weight is 508 g/mol. The lowest BCUT2D eigenvalue weighted by Gasteiger charge is -2.55. The number of amides is 4. The van der Waals surface area contributed by atoms with Gasteiger partial charge in [0.05, 0.1) is 19.6 Å². The minimum Gasteiger partial charge on any atom is -0.337 e. The van der Waals surface area contributed by atoms with Crippen LogP contribution in [0.15, 0.2) is 47.8 Å². The smallest absolute Gasteiger partial charge is 0.334 e. The Hall–Kier alpha value is -3.35. The van der Waals surface area contributed by atoms with Crippen LogP contribution in [0.25, 0.3) is 0 Å². The van der Waals surface area contributed by atoms with Crippen LogP contribution >= 0.6 is 11.3 Å².